The standard InChI is InChI=1S/C16H13NO5/c1-16-7-6-10(22-16)11-12(16)14(19)17(13(11)18)9-4-2-8(3-5-9)15(20)21/h2-7,10-12H,1H3,(H,20,21)/t10-,11+,12+,16-/m0/s1. The number of ether oxygens (including phenoxy) is 1. The van der Waals surface area contributed by atoms with Gasteiger partial charge in [-0.25, -0.2) is 9.69 Å². The number of carbonyl (C=O) groups excluding carboxylic acids is 2. The summed E-state index contributed by atoms with van der Waals surface area (Å²) in [6.45, 7) is 1.82. The van der Waals surface area contributed by atoms with Gasteiger partial charge in [0, 0.05) is 0 Å². The monoisotopic (exact) mass is 299 g/mol. The first-order chi connectivity index (χ1) is 10.4. The number of carbonyl (C=O) groups is 3. The van der Waals surface area contributed by atoms with Gasteiger partial charge in [-0.05, 0) is 31.2 Å². The number of benzene rings is 1. The Morgan fingerprint density at radius 1 is 1.23 bits per heavy atom. The highest BCUT2D eigenvalue weighted by molar-refractivity contribution is 6.23. The lowest BCUT2D eigenvalue weighted by molar-refractivity contribution is -0.126. The van der Waals surface area contributed by atoms with Crippen molar-refractivity contribution in [3.05, 3.63) is 42.0 Å². The van der Waals surface area contributed by atoms with Crippen LogP contribution in [0.4, 0.5) is 5.69 Å². The van der Waals surface area contributed by atoms with E-state index in [-0.39, 0.29) is 23.5 Å². The third kappa shape index (κ3) is 1.50. The van der Waals surface area contributed by atoms with Crippen LogP contribution in [-0.4, -0.2) is 34.6 Å². The average Bonchev–Trinajstić information content (AvgIpc) is 3.08. The molecule has 22 heavy (non-hydrogen) atoms. The number of amides is 2. The van der Waals surface area contributed by atoms with E-state index < -0.39 is 23.4 Å². The van der Waals surface area contributed by atoms with Gasteiger partial charge in [-0.3, -0.25) is 9.59 Å². The molecule has 2 saturated heterocycles. The maximum atomic E-state index is 12.7. The normalized spacial score (nSPS) is 35.3. The molecule has 1 aromatic rings. The molecule has 1 aromatic carbocycles. The zero-order chi connectivity index (χ0) is 15.6. The van der Waals surface area contributed by atoms with Crippen LogP contribution in [0, 0.1) is 11.8 Å². The van der Waals surface area contributed by atoms with Crippen LogP contribution in [0.2, 0.25) is 0 Å². The summed E-state index contributed by atoms with van der Waals surface area (Å²) in [5.74, 6) is -2.61. The number of fused-ring (bicyclic) bond motifs is 5. The van der Waals surface area contributed by atoms with Crippen molar-refractivity contribution in [1.82, 2.24) is 0 Å². The fourth-order valence-corrected chi connectivity index (χ4v) is 3.66. The first-order valence-corrected chi connectivity index (χ1v) is 7.01. The number of rotatable bonds is 2. The zero-order valence-electron chi connectivity index (χ0n) is 11.7. The Morgan fingerprint density at radius 3 is 2.50 bits per heavy atom. The molecule has 2 amide bonds. The molecule has 4 rings (SSSR count). The van der Waals surface area contributed by atoms with Crippen molar-refractivity contribution in [3.8, 4) is 0 Å². The summed E-state index contributed by atoms with van der Waals surface area (Å²) in [7, 11) is 0. The van der Waals surface area contributed by atoms with Gasteiger partial charge in [-0.15, -0.1) is 0 Å². The molecule has 0 unspecified atom stereocenters. The van der Waals surface area contributed by atoms with Crippen LogP contribution in [0.25, 0.3) is 0 Å². The van der Waals surface area contributed by atoms with Crippen LogP contribution < -0.4 is 4.90 Å². The van der Waals surface area contributed by atoms with Crippen LogP contribution in [0.3, 0.4) is 0 Å². The number of nitrogens with zero attached hydrogens (tertiary/aromatic N) is 1. The molecule has 112 valence electrons. The SMILES string of the molecule is C[C@@]12C=C[C@H](O1)[C@H]1C(=O)N(c3ccc(C(=O)O)cc3)C(=O)[C@@H]12. The highest BCUT2D eigenvalue weighted by Gasteiger charge is 2.65. The first-order valence-electron chi connectivity index (χ1n) is 7.01. The average molecular weight is 299 g/mol. The molecule has 1 N–H and O–H groups in total. The fraction of sp³-hybridized carbons (Fsp3) is 0.312. The van der Waals surface area contributed by atoms with E-state index in [0.29, 0.717) is 5.69 Å². The second-order valence-electron chi connectivity index (χ2n) is 5.99. The second kappa shape index (κ2) is 4.04. The van der Waals surface area contributed by atoms with Crippen LogP contribution in [0.15, 0.2) is 36.4 Å². The summed E-state index contributed by atoms with van der Waals surface area (Å²) in [6.07, 6.45) is 3.33. The van der Waals surface area contributed by atoms with Crippen molar-refractivity contribution >= 4 is 23.5 Å². The van der Waals surface area contributed by atoms with Crippen molar-refractivity contribution in [2.45, 2.75) is 18.6 Å². The molecule has 0 aromatic heterocycles. The zero-order valence-corrected chi connectivity index (χ0v) is 11.7. The van der Waals surface area contributed by atoms with E-state index in [0.717, 1.165) is 4.90 Å². The van der Waals surface area contributed by atoms with Gasteiger partial charge < -0.3 is 9.84 Å². The molecule has 0 saturated carbocycles. The Morgan fingerprint density at radius 2 is 1.91 bits per heavy atom. The van der Waals surface area contributed by atoms with Crippen molar-refractivity contribution in [2.24, 2.45) is 11.8 Å². The van der Waals surface area contributed by atoms with Crippen molar-refractivity contribution < 1.29 is 24.2 Å². The molecule has 6 nitrogen and oxygen atoms in total. The van der Waals surface area contributed by atoms with Gasteiger partial charge in [0.2, 0.25) is 11.8 Å². The van der Waals surface area contributed by atoms with E-state index in [2.05, 4.69) is 0 Å². The van der Waals surface area contributed by atoms with E-state index in [1.54, 1.807) is 0 Å². The minimum absolute atomic E-state index is 0.111. The predicted octanol–water partition coefficient (Wildman–Crippen LogP) is 1.22. The molecular formula is C16H13NO5. The Hall–Kier alpha value is -2.47. The van der Waals surface area contributed by atoms with Gasteiger partial charge >= 0.3 is 5.97 Å². The number of carboxylic acids is 1. The number of hydrogen-bond acceptors (Lipinski definition) is 4. The maximum Gasteiger partial charge on any atom is 0.335 e. The third-order valence-corrected chi connectivity index (χ3v) is 4.70. The van der Waals surface area contributed by atoms with Crippen LogP contribution in [0.5, 0.6) is 0 Å². The summed E-state index contributed by atoms with van der Waals surface area (Å²) in [5.41, 5.74) is -0.213. The van der Waals surface area contributed by atoms with Crippen LogP contribution >= 0.6 is 0 Å². The molecule has 4 atom stereocenters. The van der Waals surface area contributed by atoms with E-state index in [4.69, 9.17) is 9.84 Å². The summed E-state index contributed by atoms with van der Waals surface area (Å²) < 4.78 is 5.75. The van der Waals surface area contributed by atoms with E-state index >= 15 is 0 Å². The largest absolute Gasteiger partial charge is 0.478 e. The third-order valence-electron chi connectivity index (χ3n) is 4.70. The number of anilines is 1. The Kier molecular flexibility index (Phi) is 2.43. The quantitative estimate of drug-likeness (QED) is 0.655. The minimum atomic E-state index is -1.05. The van der Waals surface area contributed by atoms with E-state index in [1.807, 2.05) is 19.1 Å². The summed E-state index contributed by atoms with van der Waals surface area (Å²) >= 11 is 0. The van der Waals surface area contributed by atoms with Crippen molar-refractivity contribution in [1.29, 1.82) is 0 Å². The molecule has 6 heteroatoms. The molecule has 0 aliphatic carbocycles. The lowest BCUT2D eigenvalue weighted by Crippen LogP contribution is -2.38. The Labute approximate surface area is 126 Å². The summed E-state index contributed by atoms with van der Waals surface area (Å²) in [5, 5.41) is 8.92. The smallest absolute Gasteiger partial charge is 0.335 e. The predicted molar refractivity (Wildman–Crippen MR) is 75.3 cm³/mol. The minimum Gasteiger partial charge on any atom is -0.478 e. The van der Waals surface area contributed by atoms with Crippen LogP contribution in [0.1, 0.15) is 17.3 Å². The van der Waals surface area contributed by atoms with Gasteiger partial charge in [-0.2, -0.15) is 0 Å². The highest BCUT2D eigenvalue weighted by Crippen LogP contribution is 2.52. The summed E-state index contributed by atoms with van der Waals surface area (Å²) in [6, 6.07) is 5.74. The van der Waals surface area contributed by atoms with E-state index in [1.165, 1.54) is 24.3 Å². The molecule has 3 aliphatic rings. The Bertz CT molecular complexity index is 737. The van der Waals surface area contributed by atoms with Gasteiger partial charge in [0.15, 0.2) is 0 Å². The lowest BCUT2D eigenvalue weighted by atomic mass is 9.78. The number of imide groups is 1. The van der Waals surface area contributed by atoms with Gasteiger partial charge in [0.25, 0.3) is 0 Å². The first kappa shape index (κ1) is 13.2. The van der Waals surface area contributed by atoms with Crippen LogP contribution in [-0.2, 0) is 14.3 Å². The maximum absolute atomic E-state index is 12.7. The number of hydrogen-bond donors (Lipinski definition) is 1. The van der Waals surface area contributed by atoms with Gasteiger partial charge in [0.1, 0.15) is 0 Å². The Balaban J connectivity index is 1.71. The van der Waals surface area contributed by atoms with E-state index in [9.17, 15) is 14.4 Å². The molecule has 3 aliphatic heterocycles. The molecular weight excluding hydrogens is 286 g/mol. The second-order valence-corrected chi connectivity index (χ2v) is 5.99. The number of carboxylic acid groups (broad SMARTS) is 1. The van der Waals surface area contributed by atoms with Crippen molar-refractivity contribution in [3.63, 3.8) is 0 Å². The molecule has 3 heterocycles. The van der Waals surface area contributed by atoms with Crippen molar-refractivity contribution in [2.75, 3.05) is 4.90 Å². The molecule has 0 spiro atoms. The van der Waals surface area contributed by atoms with Gasteiger partial charge in [0.05, 0.1) is 34.8 Å². The number of aromatic carboxylic acids is 1. The lowest BCUT2D eigenvalue weighted by Gasteiger charge is -2.24. The fourth-order valence-electron chi connectivity index (χ4n) is 3.66. The molecule has 2 fully saturated rings. The highest BCUT2D eigenvalue weighted by atomic mass is 16.5. The molecule has 0 radical (unpaired) electrons. The van der Waals surface area contributed by atoms with Gasteiger partial charge in [-0.1, -0.05) is 12.2 Å². The summed E-state index contributed by atoms with van der Waals surface area (Å²) in [4.78, 5) is 37.4. The topological polar surface area (TPSA) is 83.9 Å². The molecule has 2 bridgehead atoms.